The maximum Gasteiger partial charge on any atom is 0.274 e. The summed E-state index contributed by atoms with van der Waals surface area (Å²) in [6.45, 7) is 1.13. The van der Waals surface area contributed by atoms with Crippen molar-refractivity contribution in [1.82, 2.24) is 15.6 Å². The second kappa shape index (κ2) is 10.6. The molecular formula is C14H18N4O2S. The monoisotopic (exact) mass is 306 g/mol. The molecule has 2 N–H and O–H groups in total. The molecule has 0 bridgehead atoms. The second-order valence-electron chi connectivity index (χ2n) is 4.01. The lowest BCUT2D eigenvalue weighted by Crippen LogP contribution is -2.29. The summed E-state index contributed by atoms with van der Waals surface area (Å²) in [4.78, 5) is 14.2. The summed E-state index contributed by atoms with van der Waals surface area (Å²) in [7, 11) is 0. The molecule has 0 aromatic carbocycles. The Morgan fingerprint density at radius 3 is 2.95 bits per heavy atom. The van der Waals surface area contributed by atoms with Crippen LogP contribution < -0.4 is 10.6 Å². The van der Waals surface area contributed by atoms with Crippen LogP contribution in [0.5, 0.6) is 0 Å². The lowest BCUT2D eigenvalue weighted by atomic mass is 10.4. The molecule has 7 heteroatoms. The first-order valence-corrected chi connectivity index (χ1v) is 7.62. The minimum absolute atomic E-state index is 0.383. The smallest absolute Gasteiger partial charge is 0.274 e. The van der Waals surface area contributed by atoms with Gasteiger partial charge in [0.2, 0.25) is 0 Å². The third-order valence-electron chi connectivity index (χ3n) is 2.36. The van der Waals surface area contributed by atoms with Crippen molar-refractivity contribution in [2.75, 3.05) is 18.8 Å². The molecule has 0 unspecified atom stereocenters. The fourth-order valence-corrected chi connectivity index (χ4v) is 2.22. The highest BCUT2D eigenvalue weighted by atomic mass is 32.2. The number of pyridine rings is 1. The van der Waals surface area contributed by atoms with E-state index in [1.807, 2.05) is 18.2 Å². The Kier molecular flexibility index (Phi) is 8.48. The van der Waals surface area contributed by atoms with Crippen LogP contribution in [-0.2, 0) is 5.75 Å². The number of thioether (sulfide) groups is 1. The summed E-state index contributed by atoms with van der Waals surface area (Å²) in [5.74, 6) is 4.50. The number of hydrogen-bond acceptors (Lipinski definition) is 6. The first-order valence-electron chi connectivity index (χ1n) is 6.46. The van der Waals surface area contributed by atoms with Gasteiger partial charge in [-0.25, -0.2) is 0 Å². The molecule has 0 fully saturated rings. The Labute approximate surface area is 128 Å². The van der Waals surface area contributed by atoms with Crippen molar-refractivity contribution in [3.63, 3.8) is 0 Å². The number of aromatic nitrogens is 1. The molecule has 6 nitrogen and oxygen atoms in total. The van der Waals surface area contributed by atoms with Crippen molar-refractivity contribution in [2.45, 2.75) is 12.2 Å². The van der Waals surface area contributed by atoms with Crippen LogP contribution in [0, 0.1) is 22.5 Å². The quantitative estimate of drug-likeness (QED) is 0.296. The first-order chi connectivity index (χ1) is 10.2. The highest BCUT2D eigenvalue weighted by Crippen LogP contribution is 2.08. The molecule has 1 heterocycles. The molecule has 0 atom stereocenters. The Morgan fingerprint density at radius 2 is 2.29 bits per heavy atom. The van der Waals surface area contributed by atoms with Gasteiger partial charge in [0.05, 0.1) is 10.6 Å². The molecule has 0 aliphatic heterocycles. The molecule has 0 amide bonds. The molecule has 0 spiro atoms. The van der Waals surface area contributed by atoms with E-state index in [-0.39, 0.29) is 0 Å². The number of rotatable bonds is 10. The summed E-state index contributed by atoms with van der Waals surface area (Å²) in [6.07, 6.45) is 8.34. The van der Waals surface area contributed by atoms with Gasteiger partial charge in [0.1, 0.15) is 0 Å². The lowest BCUT2D eigenvalue weighted by molar-refractivity contribution is -0.404. The maximum absolute atomic E-state index is 10.5. The normalized spacial score (nSPS) is 10.7. The molecule has 1 rings (SSSR count). The topological polar surface area (TPSA) is 80.1 Å². The molecule has 112 valence electrons. The highest BCUT2D eigenvalue weighted by molar-refractivity contribution is 7.98. The van der Waals surface area contributed by atoms with Gasteiger partial charge in [-0.3, -0.25) is 15.1 Å². The Hall–Kier alpha value is -2.20. The van der Waals surface area contributed by atoms with Crippen molar-refractivity contribution >= 4 is 11.8 Å². The van der Waals surface area contributed by atoms with Crippen LogP contribution in [0.15, 0.2) is 36.4 Å². The van der Waals surface area contributed by atoms with Gasteiger partial charge < -0.3 is 10.6 Å². The van der Waals surface area contributed by atoms with Gasteiger partial charge >= 0.3 is 0 Å². The molecule has 1 aromatic rings. The Balaban J connectivity index is 2.23. The predicted molar refractivity (Wildman–Crippen MR) is 84.9 cm³/mol. The summed E-state index contributed by atoms with van der Waals surface area (Å²) >= 11 is 1.71. The third kappa shape index (κ3) is 8.55. The number of nitro groups is 1. The average molecular weight is 306 g/mol. The number of nitrogens with one attached hydrogen (secondary N) is 2. The molecular weight excluding hydrogens is 288 g/mol. The van der Waals surface area contributed by atoms with Gasteiger partial charge in [0, 0.05) is 37.2 Å². The van der Waals surface area contributed by atoms with E-state index >= 15 is 0 Å². The zero-order chi connectivity index (χ0) is 15.3. The molecule has 0 aliphatic carbocycles. The molecule has 1 aromatic heterocycles. The van der Waals surface area contributed by atoms with Gasteiger partial charge in [-0.2, -0.15) is 11.8 Å². The van der Waals surface area contributed by atoms with E-state index in [1.54, 1.807) is 18.0 Å². The summed E-state index contributed by atoms with van der Waals surface area (Å²) in [5.41, 5.74) is 1.02. The number of terminal acetylenes is 1. The summed E-state index contributed by atoms with van der Waals surface area (Å²) < 4.78 is 0. The minimum Gasteiger partial charge on any atom is -0.366 e. The molecule has 0 saturated heterocycles. The van der Waals surface area contributed by atoms with E-state index < -0.39 is 4.92 Å². The van der Waals surface area contributed by atoms with E-state index in [0.717, 1.165) is 23.4 Å². The zero-order valence-corrected chi connectivity index (χ0v) is 12.4. The minimum atomic E-state index is -0.494. The van der Waals surface area contributed by atoms with Gasteiger partial charge in [-0.1, -0.05) is 6.07 Å². The summed E-state index contributed by atoms with van der Waals surface area (Å²) in [6, 6.07) is 5.81. The molecule has 21 heavy (non-hydrogen) atoms. The van der Waals surface area contributed by atoms with Crippen LogP contribution in [0.3, 0.4) is 0 Å². The fraction of sp³-hybridized carbons (Fsp3) is 0.357. The van der Waals surface area contributed by atoms with Gasteiger partial charge in [-0.15, -0.1) is 12.3 Å². The van der Waals surface area contributed by atoms with Crippen LogP contribution in [-0.4, -0.2) is 28.7 Å². The SMILES string of the molecule is C#CCCN/C(=C/[N+](=O)[O-])NCCSCc1ccccn1. The zero-order valence-electron chi connectivity index (χ0n) is 11.6. The van der Waals surface area contributed by atoms with Gasteiger partial charge in [-0.05, 0) is 12.1 Å². The molecule has 0 aliphatic rings. The summed E-state index contributed by atoms with van der Waals surface area (Å²) in [5, 5.41) is 16.4. The van der Waals surface area contributed by atoms with E-state index in [4.69, 9.17) is 6.42 Å². The molecule has 0 radical (unpaired) electrons. The fourth-order valence-electron chi connectivity index (χ4n) is 1.45. The largest absolute Gasteiger partial charge is 0.366 e. The van der Waals surface area contributed by atoms with Crippen LogP contribution >= 0.6 is 11.8 Å². The number of nitrogens with zero attached hydrogens (tertiary/aromatic N) is 2. The average Bonchev–Trinajstić information content (AvgIpc) is 2.47. The van der Waals surface area contributed by atoms with Gasteiger partial charge in [0.15, 0.2) is 5.82 Å². The van der Waals surface area contributed by atoms with Crippen molar-refractivity contribution in [1.29, 1.82) is 0 Å². The van der Waals surface area contributed by atoms with Crippen LogP contribution in [0.1, 0.15) is 12.1 Å². The standard InChI is InChI=1S/C14H18N4O2S/c1-2-3-7-16-14(11-18(19)20)17-9-10-21-12-13-6-4-5-8-15-13/h1,4-6,8,11,16-17H,3,7,9-10,12H2/b14-11-. The molecule has 0 saturated carbocycles. The third-order valence-corrected chi connectivity index (χ3v) is 3.35. The number of hydrogen-bond donors (Lipinski definition) is 2. The van der Waals surface area contributed by atoms with Gasteiger partial charge in [0.25, 0.3) is 6.20 Å². The van der Waals surface area contributed by atoms with E-state index in [9.17, 15) is 10.1 Å². The van der Waals surface area contributed by atoms with E-state index in [2.05, 4.69) is 21.5 Å². The van der Waals surface area contributed by atoms with Crippen molar-refractivity contribution in [2.24, 2.45) is 0 Å². The maximum atomic E-state index is 10.5. The first kappa shape index (κ1) is 16.9. The van der Waals surface area contributed by atoms with Crippen LogP contribution in [0.4, 0.5) is 0 Å². The van der Waals surface area contributed by atoms with Crippen molar-refractivity contribution < 1.29 is 4.92 Å². The lowest BCUT2D eigenvalue weighted by Gasteiger charge is -2.10. The Bertz CT molecular complexity index is 499. The van der Waals surface area contributed by atoms with Crippen LogP contribution in [0.2, 0.25) is 0 Å². The predicted octanol–water partition coefficient (Wildman–Crippen LogP) is 1.59. The van der Waals surface area contributed by atoms with Crippen molar-refractivity contribution in [3.05, 3.63) is 52.2 Å². The van der Waals surface area contributed by atoms with Crippen molar-refractivity contribution in [3.8, 4) is 12.3 Å². The second-order valence-corrected chi connectivity index (χ2v) is 5.11. The van der Waals surface area contributed by atoms with Crippen LogP contribution in [0.25, 0.3) is 0 Å². The Morgan fingerprint density at radius 1 is 1.48 bits per heavy atom. The van der Waals surface area contributed by atoms with E-state index in [1.165, 1.54) is 0 Å². The van der Waals surface area contributed by atoms with E-state index in [0.29, 0.717) is 25.3 Å². The highest BCUT2D eigenvalue weighted by Gasteiger charge is 2.01.